The average Bonchev–Trinajstić information content (AvgIpc) is 2.94. The van der Waals surface area contributed by atoms with Crippen LogP contribution in [0.15, 0.2) is 42.1 Å². The molecule has 2 aromatic rings. The zero-order chi connectivity index (χ0) is 19.6. The molecule has 0 aromatic heterocycles. The van der Waals surface area contributed by atoms with Crippen LogP contribution >= 0.6 is 11.6 Å². The highest BCUT2D eigenvalue weighted by Crippen LogP contribution is 2.39. The average molecular weight is 389 g/mol. The van der Waals surface area contributed by atoms with Crippen molar-refractivity contribution in [3.63, 3.8) is 0 Å². The maximum absolute atomic E-state index is 12.7. The van der Waals surface area contributed by atoms with E-state index in [4.69, 9.17) is 25.8 Å². The van der Waals surface area contributed by atoms with E-state index in [-0.39, 0.29) is 5.70 Å². The molecule has 7 nitrogen and oxygen atoms in total. The van der Waals surface area contributed by atoms with Crippen LogP contribution in [0.3, 0.4) is 0 Å². The predicted octanol–water partition coefficient (Wildman–Crippen LogP) is 3.46. The number of imide groups is 1. The Balaban J connectivity index is 1.99. The number of carbonyl (C=O) groups excluding carboxylic acids is 2. The zero-order valence-corrected chi connectivity index (χ0v) is 15.7. The van der Waals surface area contributed by atoms with Crippen molar-refractivity contribution in [2.45, 2.75) is 0 Å². The fourth-order valence-corrected chi connectivity index (χ4v) is 2.92. The van der Waals surface area contributed by atoms with Crippen LogP contribution in [-0.4, -0.2) is 33.3 Å². The molecule has 0 bridgehead atoms. The Hall–Kier alpha value is -3.19. The van der Waals surface area contributed by atoms with E-state index in [0.29, 0.717) is 33.5 Å². The number of benzene rings is 2. The van der Waals surface area contributed by atoms with Crippen LogP contribution in [0.2, 0.25) is 5.02 Å². The van der Waals surface area contributed by atoms with Gasteiger partial charge in [0.05, 0.1) is 27.0 Å². The lowest BCUT2D eigenvalue weighted by Gasteiger charge is -2.13. The summed E-state index contributed by atoms with van der Waals surface area (Å²) in [5.41, 5.74) is 1.11. The number of hydrogen-bond donors (Lipinski definition) is 1. The number of nitrogens with zero attached hydrogens (tertiary/aromatic N) is 1. The summed E-state index contributed by atoms with van der Waals surface area (Å²) < 4.78 is 15.9. The first-order chi connectivity index (χ1) is 13.0. The molecule has 3 amide bonds. The second-order valence-electron chi connectivity index (χ2n) is 5.57. The molecular weight excluding hydrogens is 372 g/mol. The molecule has 1 aliphatic heterocycles. The third kappa shape index (κ3) is 3.54. The Morgan fingerprint density at radius 1 is 1.00 bits per heavy atom. The molecule has 140 valence electrons. The van der Waals surface area contributed by atoms with Crippen molar-refractivity contribution in [3.05, 3.63) is 52.7 Å². The first-order valence-electron chi connectivity index (χ1n) is 7.91. The molecule has 1 N–H and O–H groups in total. The molecule has 0 saturated carbocycles. The summed E-state index contributed by atoms with van der Waals surface area (Å²) >= 11 is 5.96. The van der Waals surface area contributed by atoms with E-state index < -0.39 is 11.9 Å². The van der Waals surface area contributed by atoms with Crippen LogP contribution in [0.4, 0.5) is 10.5 Å². The number of urea groups is 1. The van der Waals surface area contributed by atoms with Crippen LogP contribution < -0.4 is 24.4 Å². The van der Waals surface area contributed by atoms with Gasteiger partial charge in [-0.25, -0.2) is 9.69 Å². The number of hydrogen-bond acceptors (Lipinski definition) is 5. The smallest absolute Gasteiger partial charge is 0.333 e. The number of carbonyl (C=O) groups is 2. The summed E-state index contributed by atoms with van der Waals surface area (Å²) in [6.07, 6.45) is 1.54. The van der Waals surface area contributed by atoms with Crippen molar-refractivity contribution in [1.82, 2.24) is 5.32 Å². The highest BCUT2D eigenvalue weighted by atomic mass is 35.5. The molecule has 27 heavy (non-hydrogen) atoms. The van der Waals surface area contributed by atoms with E-state index in [1.54, 1.807) is 36.4 Å². The molecule has 3 rings (SSSR count). The van der Waals surface area contributed by atoms with Gasteiger partial charge in [0.15, 0.2) is 11.5 Å². The van der Waals surface area contributed by atoms with Crippen molar-refractivity contribution in [3.8, 4) is 17.2 Å². The molecule has 1 aliphatic rings. The number of anilines is 1. The van der Waals surface area contributed by atoms with Gasteiger partial charge in [0.25, 0.3) is 5.91 Å². The van der Waals surface area contributed by atoms with Gasteiger partial charge in [-0.05, 0) is 42.0 Å². The number of methoxy groups -OCH3 is 3. The molecule has 2 aromatic carbocycles. The van der Waals surface area contributed by atoms with Crippen molar-refractivity contribution in [2.24, 2.45) is 0 Å². The lowest BCUT2D eigenvalue weighted by Crippen LogP contribution is -2.30. The zero-order valence-electron chi connectivity index (χ0n) is 14.9. The number of nitrogens with one attached hydrogen (secondary N) is 1. The quantitative estimate of drug-likeness (QED) is 0.627. The van der Waals surface area contributed by atoms with Gasteiger partial charge in [0.2, 0.25) is 5.75 Å². The van der Waals surface area contributed by atoms with Gasteiger partial charge in [-0.2, -0.15) is 0 Å². The lowest BCUT2D eigenvalue weighted by atomic mass is 10.1. The summed E-state index contributed by atoms with van der Waals surface area (Å²) in [6.45, 7) is 0. The Bertz CT molecular complexity index is 916. The maximum atomic E-state index is 12.7. The van der Waals surface area contributed by atoms with Crippen molar-refractivity contribution >= 4 is 35.3 Å². The van der Waals surface area contributed by atoms with Crippen LogP contribution in [0, 0.1) is 0 Å². The van der Waals surface area contributed by atoms with E-state index in [9.17, 15) is 9.59 Å². The fraction of sp³-hybridized carbons (Fsp3) is 0.158. The van der Waals surface area contributed by atoms with E-state index in [2.05, 4.69) is 5.32 Å². The standard InChI is InChI=1S/C19H17ClN2O5/c1-25-15-8-11(9-16(26-2)17(15)27-3)7-14-18(23)22(19(24)21-14)13-6-4-5-12(20)10-13/h4-10H,1-3H3,(H,21,24)/b14-7+. The van der Waals surface area contributed by atoms with Crippen LogP contribution in [0.25, 0.3) is 6.08 Å². The molecule has 0 spiro atoms. The largest absolute Gasteiger partial charge is 0.493 e. The number of rotatable bonds is 5. The van der Waals surface area contributed by atoms with Gasteiger partial charge in [0.1, 0.15) is 5.70 Å². The normalized spacial score (nSPS) is 15.1. The summed E-state index contributed by atoms with van der Waals surface area (Å²) in [6, 6.07) is 9.30. The van der Waals surface area contributed by atoms with E-state index >= 15 is 0 Å². The van der Waals surface area contributed by atoms with Crippen molar-refractivity contribution in [2.75, 3.05) is 26.2 Å². The van der Waals surface area contributed by atoms with E-state index in [1.807, 2.05) is 0 Å². The fourth-order valence-electron chi connectivity index (χ4n) is 2.74. The van der Waals surface area contributed by atoms with Crippen molar-refractivity contribution < 1.29 is 23.8 Å². The molecule has 1 fully saturated rings. The SMILES string of the molecule is COc1cc(/C=C2/NC(=O)N(c3cccc(Cl)c3)C2=O)cc(OC)c1OC. The first kappa shape index (κ1) is 18.6. The molecule has 0 unspecified atom stereocenters. The lowest BCUT2D eigenvalue weighted by molar-refractivity contribution is -0.113. The molecule has 1 heterocycles. The molecule has 0 atom stereocenters. The number of ether oxygens (including phenoxy) is 3. The first-order valence-corrected chi connectivity index (χ1v) is 8.29. The van der Waals surface area contributed by atoms with Gasteiger partial charge >= 0.3 is 6.03 Å². The number of amides is 3. The summed E-state index contributed by atoms with van der Waals surface area (Å²) in [5.74, 6) is 0.819. The molecule has 1 saturated heterocycles. The summed E-state index contributed by atoms with van der Waals surface area (Å²) in [7, 11) is 4.50. The maximum Gasteiger partial charge on any atom is 0.333 e. The van der Waals surface area contributed by atoms with Crippen LogP contribution in [0.1, 0.15) is 5.56 Å². The Morgan fingerprint density at radius 3 is 2.22 bits per heavy atom. The minimum absolute atomic E-state index is 0.120. The Morgan fingerprint density at radius 2 is 1.67 bits per heavy atom. The van der Waals surface area contributed by atoms with Crippen LogP contribution in [0.5, 0.6) is 17.2 Å². The third-order valence-electron chi connectivity index (χ3n) is 3.94. The predicted molar refractivity (Wildman–Crippen MR) is 102 cm³/mol. The molecular formula is C19H17ClN2O5. The second kappa shape index (κ2) is 7.59. The van der Waals surface area contributed by atoms with Gasteiger partial charge in [-0.1, -0.05) is 17.7 Å². The van der Waals surface area contributed by atoms with E-state index in [0.717, 1.165) is 4.90 Å². The van der Waals surface area contributed by atoms with Crippen molar-refractivity contribution in [1.29, 1.82) is 0 Å². The van der Waals surface area contributed by atoms with Gasteiger partial charge in [-0.15, -0.1) is 0 Å². The second-order valence-corrected chi connectivity index (χ2v) is 6.00. The third-order valence-corrected chi connectivity index (χ3v) is 4.18. The monoisotopic (exact) mass is 388 g/mol. The molecule has 8 heteroatoms. The Kier molecular flexibility index (Phi) is 5.23. The summed E-state index contributed by atoms with van der Waals surface area (Å²) in [4.78, 5) is 26.0. The minimum Gasteiger partial charge on any atom is -0.493 e. The Labute approximate surface area is 161 Å². The van der Waals surface area contributed by atoms with Gasteiger partial charge < -0.3 is 19.5 Å². The van der Waals surface area contributed by atoms with Gasteiger partial charge in [0, 0.05) is 5.02 Å². The summed E-state index contributed by atoms with van der Waals surface area (Å²) in [5, 5.41) is 2.99. The number of halogens is 1. The molecule has 0 aliphatic carbocycles. The molecule has 0 radical (unpaired) electrons. The topological polar surface area (TPSA) is 77.1 Å². The highest BCUT2D eigenvalue weighted by Gasteiger charge is 2.35. The minimum atomic E-state index is -0.555. The van der Waals surface area contributed by atoms with Crippen LogP contribution in [-0.2, 0) is 4.79 Å². The van der Waals surface area contributed by atoms with E-state index in [1.165, 1.54) is 27.4 Å². The highest BCUT2D eigenvalue weighted by molar-refractivity contribution is 6.32. The van der Waals surface area contributed by atoms with Gasteiger partial charge in [-0.3, -0.25) is 4.79 Å².